The number of rotatable bonds is 5. The molecule has 228 valence electrons. The van der Waals surface area contributed by atoms with Crippen molar-refractivity contribution in [3.63, 3.8) is 0 Å². The topological polar surface area (TPSA) is 98.3 Å². The number of Topliss-reactive ketones (excluding diaryl/α,β-unsaturated/α-hetero) is 1. The molecule has 2 aliphatic rings. The van der Waals surface area contributed by atoms with E-state index >= 15 is 0 Å². The van der Waals surface area contributed by atoms with E-state index in [4.69, 9.17) is 0 Å². The average Bonchev–Trinajstić information content (AvgIpc) is 3.21. The number of sulfone groups is 1. The third-order valence-electron chi connectivity index (χ3n) is 7.88. The number of para-hydroxylation sites is 4. The lowest BCUT2D eigenvalue weighted by Gasteiger charge is -2.43. The summed E-state index contributed by atoms with van der Waals surface area (Å²) >= 11 is 0. The number of ketones is 1. The Morgan fingerprint density at radius 1 is 0.711 bits per heavy atom. The van der Waals surface area contributed by atoms with Crippen molar-refractivity contribution in [3.05, 3.63) is 120 Å². The maximum Gasteiger partial charge on any atom is 0.329 e. The lowest BCUT2D eigenvalue weighted by Crippen LogP contribution is -2.63. The third kappa shape index (κ3) is 6.23. The van der Waals surface area contributed by atoms with Crippen molar-refractivity contribution in [1.29, 1.82) is 0 Å². The molecule has 0 N–H and O–H groups in total. The van der Waals surface area contributed by atoms with Crippen molar-refractivity contribution >= 4 is 62.6 Å². The van der Waals surface area contributed by atoms with Crippen molar-refractivity contribution in [2.45, 2.75) is 6.04 Å². The molecule has 4 aromatic carbocycles. The summed E-state index contributed by atoms with van der Waals surface area (Å²) in [7, 11) is -3.71. The molecule has 4 aromatic rings. The molecule has 1 atom stereocenters. The number of anilines is 4. The van der Waals surface area contributed by atoms with Gasteiger partial charge in [0, 0.05) is 19.3 Å². The van der Waals surface area contributed by atoms with Crippen molar-refractivity contribution in [2.75, 3.05) is 41.4 Å². The molecule has 0 saturated carbocycles. The molecular formula is C35H32N4O5S. The second kappa shape index (κ2) is 12.4. The lowest BCUT2D eigenvalue weighted by atomic mass is 10.1. The largest absolute Gasteiger partial charge is 0.329 e. The average molecular weight is 621 g/mol. The summed E-state index contributed by atoms with van der Waals surface area (Å²) in [6.45, 7) is -0.000317. The number of urea groups is 2. The van der Waals surface area contributed by atoms with Gasteiger partial charge in [-0.15, -0.1) is 0 Å². The van der Waals surface area contributed by atoms with Crippen LogP contribution in [-0.2, 0) is 14.6 Å². The predicted molar refractivity (Wildman–Crippen MR) is 177 cm³/mol. The van der Waals surface area contributed by atoms with Crippen LogP contribution in [0.5, 0.6) is 0 Å². The number of carbonyl (C=O) groups excluding carboxylic acids is 3. The first kappa shape index (κ1) is 29.8. The maximum atomic E-state index is 14.6. The van der Waals surface area contributed by atoms with E-state index < -0.39 is 33.4 Å². The van der Waals surface area contributed by atoms with Crippen LogP contribution in [0.2, 0.25) is 0 Å². The number of benzene rings is 4. The number of piperazine rings is 1. The Balaban J connectivity index is 1.37. The van der Waals surface area contributed by atoms with E-state index in [-0.39, 0.29) is 25.7 Å². The summed E-state index contributed by atoms with van der Waals surface area (Å²) in [6.07, 6.45) is 4.86. The highest BCUT2D eigenvalue weighted by Crippen LogP contribution is 2.38. The second-order valence-corrected chi connectivity index (χ2v) is 13.2. The van der Waals surface area contributed by atoms with Crippen LogP contribution in [0.4, 0.5) is 32.3 Å². The first-order valence-corrected chi connectivity index (χ1v) is 16.6. The molecule has 0 bridgehead atoms. The van der Waals surface area contributed by atoms with Gasteiger partial charge in [0.05, 0.1) is 29.3 Å². The molecular weight excluding hydrogens is 588 g/mol. The maximum absolute atomic E-state index is 14.6. The van der Waals surface area contributed by atoms with Crippen molar-refractivity contribution in [1.82, 2.24) is 9.80 Å². The van der Waals surface area contributed by atoms with E-state index in [1.54, 1.807) is 9.80 Å². The fourth-order valence-corrected chi connectivity index (χ4v) is 6.50. The Morgan fingerprint density at radius 2 is 1.20 bits per heavy atom. The molecule has 0 aromatic heterocycles. The molecule has 1 fully saturated rings. The van der Waals surface area contributed by atoms with Crippen molar-refractivity contribution < 1.29 is 22.8 Å². The van der Waals surface area contributed by atoms with Gasteiger partial charge in [0.15, 0.2) is 15.6 Å². The monoisotopic (exact) mass is 620 g/mol. The summed E-state index contributed by atoms with van der Waals surface area (Å²) < 4.78 is 24.6. The smallest absolute Gasteiger partial charge is 0.320 e. The zero-order chi connectivity index (χ0) is 31.6. The Morgan fingerprint density at radius 3 is 1.71 bits per heavy atom. The normalized spacial score (nSPS) is 15.9. The SMILES string of the molecule is CS(=O)(=O)CC(=O)[C@@H]1CN(C(=O)N(c2ccccc2)c2ccccc2)CCN1C(=O)N1c2ccccc2C=Cc2ccccc21. The van der Waals surface area contributed by atoms with Crippen LogP contribution < -0.4 is 9.80 Å². The fraction of sp³-hybridized carbons (Fsp3) is 0.171. The van der Waals surface area contributed by atoms with E-state index in [1.165, 1.54) is 9.80 Å². The highest BCUT2D eigenvalue weighted by atomic mass is 32.2. The van der Waals surface area contributed by atoms with Gasteiger partial charge < -0.3 is 9.80 Å². The Hall–Kier alpha value is -5.22. The van der Waals surface area contributed by atoms with Gasteiger partial charge in [-0.1, -0.05) is 84.9 Å². The Bertz CT molecular complexity index is 1790. The predicted octanol–water partition coefficient (Wildman–Crippen LogP) is 5.99. The van der Waals surface area contributed by atoms with Gasteiger partial charge >= 0.3 is 12.1 Å². The van der Waals surface area contributed by atoms with Crippen LogP contribution in [0.25, 0.3) is 12.2 Å². The molecule has 0 unspecified atom stereocenters. The summed E-state index contributed by atoms with van der Waals surface area (Å²) in [5, 5.41) is 0. The van der Waals surface area contributed by atoms with Crippen LogP contribution in [-0.4, -0.2) is 73.7 Å². The summed E-state index contributed by atoms with van der Waals surface area (Å²) in [5.41, 5.74) is 4.17. The summed E-state index contributed by atoms with van der Waals surface area (Å²) in [6, 6.07) is 31.2. The summed E-state index contributed by atoms with van der Waals surface area (Å²) in [4.78, 5) is 48.5. The number of hydrogen-bond donors (Lipinski definition) is 0. The molecule has 45 heavy (non-hydrogen) atoms. The van der Waals surface area contributed by atoms with E-state index in [9.17, 15) is 22.8 Å². The van der Waals surface area contributed by atoms with Gasteiger partial charge in [-0.05, 0) is 47.5 Å². The molecule has 6 rings (SSSR count). The number of nitrogens with zero attached hydrogens (tertiary/aromatic N) is 4. The minimum atomic E-state index is -3.71. The van der Waals surface area contributed by atoms with Crippen LogP contribution in [0.15, 0.2) is 109 Å². The van der Waals surface area contributed by atoms with Crippen LogP contribution in [0.1, 0.15) is 11.1 Å². The molecule has 2 aliphatic heterocycles. The molecule has 0 spiro atoms. The first-order chi connectivity index (χ1) is 21.7. The van der Waals surface area contributed by atoms with Gasteiger partial charge in [-0.2, -0.15) is 0 Å². The highest BCUT2D eigenvalue weighted by Gasteiger charge is 2.42. The quantitative estimate of drug-likeness (QED) is 0.273. The van der Waals surface area contributed by atoms with Gasteiger partial charge in [0.2, 0.25) is 0 Å². The number of amides is 4. The van der Waals surface area contributed by atoms with E-state index in [0.717, 1.165) is 17.4 Å². The molecule has 2 heterocycles. The minimum Gasteiger partial charge on any atom is -0.320 e. The van der Waals surface area contributed by atoms with Gasteiger partial charge in [-0.3, -0.25) is 14.6 Å². The van der Waals surface area contributed by atoms with E-state index in [1.807, 2.05) is 121 Å². The van der Waals surface area contributed by atoms with Crippen LogP contribution in [0, 0.1) is 0 Å². The lowest BCUT2D eigenvalue weighted by molar-refractivity contribution is -0.122. The van der Waals surface area contributed by atoms with Crippen molar-refractivity contribution in [3.8, 4) is 0 Å². The molecule has 0 radical (unpaired) electrons. The molecule has 1 saturated heterocycles. The molecule has 0 aliphatic carbocycles. The van der Waals surface area contributed by atoms with E-state index in [0.29, 0.717) is 22.7 Å². The third-order valence-corrected chi connectivity index (χ3v) is 8.69. The van der Waals surface area contributed by atoms with Gasteiger partial charge in [0.25, 0.3) is 0 Å². The molecule has 10 heteroatoms. The number of fused-ring (bicyclic) bond motifs is 2. The molecule has 9 nitrogen and oxygen atoms in total. The number of carbonyl (C=O) groups is 3. The second-order valence-electron chi connectivity index (χ2n) is 11.0. The van der Waals surface area contributed by atoms with Gasteiger partial charge in [-0.25, -0.2) is 18.0 Å². The van der Waals surface area contributed by atoms with Gasteiger partial charge in [0.1, 0.15) is 11.8 Å². The summed E-state index contributed by atoms with van der Waals surface area (Å²) in [5.74, 6) is -1.40. The zero-order valence-electron chi connectivity index (χ0n) is 24.7. The zero-order valence-corrected chi connectivity index (χ0v) is 25.5. The molecule has 4 amide bonds. The Labute approximate surface area is 262 Å². The van der Waals surface area contributed by atoms with Crippen LogP contribution >= 0.6 is 0 Å². The number of hydrogen-bond acceptors (Lipinski definition) is 5. The first-order valence-electron chi connectivity index (χ1n) is 14.6. The van der Waals surface area contributed by atoms with E-state index in [2.05, 4.69) is 0 Å². The van der Waals surface area contributed by atoms with Crippen LogP contribution in [0.3, 0.4) is 0 Å². The highest BCUT2D eigenvalue weighted by molar-refractivity contribution is 7.91. The fourth-order valence-electron chi connectivity index (χ4n) is 5.79. The minimum absolute atomic E-state index is 0.0242. The van der Waals surface area contributed by atoms with Crippen molar-refractivity contribution in [2.24, 2.45) is 0 Å². The standard InChI is InChI=1S/C35H32N4O5S/c1-45(43,44)25-33(40)32-24-36(34(41)38(28-14-4-2-5-15-28)29-16-6-3-7-17-29)22-23-37(32)35(42)39-30-18-10-8-12-26(30)20-21-27-13-9-11-19-31(27)39/h2-21,32H,22-25H2,1H3/t32-/m0/s1. The Kier molecular flexibility index (Phi) is 8.23.